The summed E-state index contributed by atoms with van der Waals surface area (Å²) in [6.07, 6.45) is 0. The molecule has 34 heavy (non-hydrogen) atoms. The Labute approximate surface area is 200 Å². The Morgan fingerprint density at radius 1 is 1.00 bits per heavy atom. The zero-order valence-electron chi connectivity index (χ0n) is 19.8. The molecule has 4 aromatic rings. The summed E-state index contributed by atoms with van der Waals surface area (Å²) in [5.41, 5.74) is 5.40. The third-order valence-electron chi connectivity index (χ3n) is 5.89. The monoisotopic (exact) mass is 454 g/mol. The van der Waals surface area contributed by atoms with Crippen molar-refractivity contribution < 1.29 is 9.90 Å². The molecule has 174 valence electrons. The fourth-order valence-electron chi connectivity index (χ4n) is 3.87. The van der Waals surface area contributed by atoms with Gasteiger partial charge in [-0.3, -0.25) is 4.79 Å². The van der Waals surface area contributed by atoms with Gasteiger partial charge < -0.3 is 20.3 Å². The zero-order chi connectivity index (χ0) is 24.1. The molecular formula is C28H30N4O2. The van der Waals surface area contributed by atoms with Gasteiger partial charge in [-0.25, -0.2) is 4.99 Å². The summed E-state index contributed by atoms with van der Waals surface area (Å²) < 4.78 is 0. The number of aliphatic imine (C=N–C) groups is 1. The molecular weight excluding hydrogens is 424 g/mol. The maximum absolute atomic E-state index is 12.6. The molecule has 0 aliphatic carbocycles. The van der Waals surface area contributed by atoms with E-state index in [9.17, 15) is 9.90 Å². The first kappa shape index (κ1) is 23.3. The lowest BCUT2D eigenvalue weighted by Crippen LogP contribution is -2.26. The Bertz CT molecular complexity index is 1310. The first-order valence-corrected chi connectivity index (χ1v) is 11.6. The topological polar surface area (TPSA) is 80.7 Å². The molecule has 6 nitrogen and oxygen atoms in total. The first-order valence-electron chi connectivity index (χ1n) is 11.6. The number of H-pyrrole nitrogens is 1. The molecule has 0 spiro atoms. The predicted molar refractivity (Wildman–Crippen MR) is 138 cm³/mol. The van der Waals surface area contributed by atoms with Crippen LogP contribution >= 0.6 is 0 Å². The first-order chi connectivity index (χ1) is 16.5. The molecule has 0 saturated heterocycles. The molecule has 0 aliphatic rings. The van der Waals surface area contributed by atoms with Gasteiger partial charge in [0.2, 0.25) is 0 Å². The van der Waals surface area contributed by atoms with Crippen LogP contribution in [0.5, 0.6) is 5.88 Å². The van der Waals surface area contributed by atoms with Crippen LogP contribution < -0.4 is 5.32 Å². The van der Waals surface area contributed by atoms with Gasteiger partial charge in [-0.05, 0) is 43.3 Å². The molecule has 3 aromatic carbocycles. The standard InChI is InChI=1S/C28H30N4O2/c1-4-29-18-19-11-14-22(15-12-19)30-26(20-9-7-6-8-10-20)25-23-16-13-21(28(34)32(3)5-2)17-24(23)31-27(25)33/h6-17,29,31,33H,4-5,18H2,1-3H3. The number of carbonyl (C=O) groups excluding carboxylic acids is 1. The van der Waals surface area contributed by atoms with E-state index in [0.717, 1.165) is 29.7 Å². The summed E-state index contributed by atoms with van der Waals surface area (Å²) in [5, 5.41) is 15.1. The van der Waals surface area contributed by atoms with E-state index in [1.807, 2.05) is 55.5 Å². The van der Waals surface area contributed by atoms with Gasteiger partial charge in [-0.1, -0.05) is 55.5 Å². The third-order valence-corrected chi connectivity index (χ3v) is 5.89. The van der Waals surface area contributed by atoms with E-state index >= 15 is 0 Å². The minimum absolute atomic E-state index is 0.0230. The highest BCUT2D eigenvalue weighted by Gasteiger charge is 2.20. The molecule has 0 unspecified atom stereocenters. The van der Waals surface area contributed by atoms with Crippen molar-refractivity contribution in [3.05, 3.63) is 95.1 Å². The van der Waals surface area contributed by atoms with Crippen molar-refractivity contribution in [3.63, 3.8) is 0 Å². The number of hydrogen-bond donors (Lipinski definition) is 3. The van der Waals surface area contributed by atoms with E-state index in [0.29, 0.717) is 28.9 Å². The largest absolute Gasteiger partial charge is 0.494 e. The highest BCUT2D eigenvalue weighted by Crippen LogP contribution is 2.32. The SMILES string of the molecule is CCNCc1ccc(N=C(c2ccccc2)c2c(O)[nH]c3cc(C(=O)N(C)CC)ccc23)cc1. The van der Waals surface area contributed by atoms with E-state index in [4.69, 9.17) is 4.99 Å². The fraction of sp³-hybridized carbons (Fsp3) is 0.214. The molecule has 1 aromatic heterocycles. The molecule has 0 saturated carbocycles. The summed E-state index contributed by atoms with van der Waals surface area (Å²) in [4.78, 5) is 22.3. The van der Waals surface area contributed by atoms with Gasteiger partial charge in [0, 0.05) is 42.2 Å². The lowest BCUT2D eigenvalue weighted by molar-refractivity contribution is 0.0802. The Morgan fingerprint density at radius 3 is 2.41 bits per heavy atom. The second kappa shape index (κ2) is 10.4. The van der Waals surface area contributed by atoms with Crippen molar-refractivity contribution in [1.29, 1.82) is 0 Å². The third kappa shape index (κ3) is 4.87. The fourth-order valence-corrected chi connectivity index (χ4v) is 3.87. The van der Waals surface area contributed by atoms with Crippen LogP contribution in [0.25, 0.3) is 10.9 Å². The van der Waals surface area contributed by atoms with E-state index in [1.54, 1.807) is 24.1 Å². The Morgan fingerprint density at radius 2 is 1.74 bits per heavy atom. The maximum atomic E-state index is 12.6. The van der Waals surface area contributed by atoms with E-state index in [2.05, 4.69) is 29.4 Å². The molecule has 0 bridgehead atoms. The summed E-state index contributed by atoms with van der Waals surface area (Å²) in [5.74, 6) is -0.0375. The van der Waals surface area contributed by atoms with Crippen molar-refractivity contribution >= 4 is 28.2 Å². The number of nitrogens with one attached hydrogen (secondary N) is 2. The van der Waals surface area contributed by atoms with Crippen molar-refractivity contribution in [3.8, 4) is 5.88 Å². The number of hydrogen-bond acceptors (Lipinski definition) is 4. The summed E-state index contributed by atoms with van der Waals surface area (Å²) >= 11 is 0. The summed E-state index contributed by atoms with van der Waals surface area (Å²) in [7, 11) is 1.77. The van der Waals surface area contributed by atoms with Gasteiger partial charge in [0.25, 0.3) is 5.91 Å². The van der Waals surface area contributed by atoms with E-state index in [1.165, 1.54) is 5.56 Å². The molecule has 6 heteroatoms. The second-order valence-electron chi connectivity index (χ2n) is 8.20. The van der Waals surface area contributed by atoms with Gasteiger partial charge in [0.05, 0.1) is 17.0 Å². The number of rotatable bonds is 8. The zero-order valence-corrected chi connectivity index (χ0v) is 19.8. The number of amides is 1. The lowest BCUT2D eigenvalue weighted by Gasteiger charge is -2.14. The normalized spacial score (nSPS) is 11.7. The number of aromatic amines is 1. The van der Waals surface area contributed by atoms with Crippen LogP contribution in [-0.2, 0) is 6.54 Å². The maximum Gasteiger partial charge on any atom is 0.253 e. The van der Waals surface area contributed by atoms with Crippen molar-refractivity contribution in [2.24, 2.45) is 4.99 Å². The van der Waals surface area contributed by atoms with Gasteiger partial charge in [-0.15, -0.1) is 0 Å². The molecule has 4 rings (SSSR count). The predicted octanol–water partition coefficient (Wildman–Crippen LogP) is 5.24. The molecule has 0 fully saturated rings. The van der Waals surface area contributed by atoms with Gasteiger partial charge in [0.1, 0.15) is 0 Å². The average molecular weight is 455 g/mol. The van der Waals surface area contributed by atoms with Crippen LogP contribution in [0.2, 0.25) is 0 Å². The van der Waals surface area contributed by atoms with Crippen LogP contribution in [0.3, 0.4) is 0 Å². The van der Waals surface area contributed by atoms with Gasteiger partial charge in [-0.2, -0.15) is 0 Å². The lowest BCUT2D eigenvalue weighted by atomic mass is 10.00. The Balaban J connectivity index is 1.81. The minimum atomic E-state index is -0.0605. The average Bonchev–Trinajstić information content (AvgIpc) is 3.20. The van der Waals surface area contributed by atoms with Gasteiger partial charge in [0.15, 0.2) is 5.88 Å². The van der Waals surface area contributed by atoms with E-state index in [-0.39, 0.29) is 11.8 Å². The molecule has 3 N–H and O–H groups in total. The van der Waals surface area contributed by atoms with Crippen molar-refractivity contribution in [1.82, 2.24) is 15.2 Å². The molecule has 0 aliphatic heterocycles. The summed E-state index contributed by atoms with van der Waals surface area (Å²) in [6.45, 7) is 6.36. The van der Waals surface area contributed by atoms with Crippen LogP contribution in [0.4, 0.5) is 5.69 Å². The Hall–Kier alpha value is -3.90. The number of aromatic hydroxyl groups is 1. The Kier molecular flexibility index (Phi) is 7.09. The smallest absolute Gasteiger partial charge is 0.253 e. The van der Waals surface area contributed by atoms with Crippen LogP contribution in [0.15, 0.2) is 77.8 Å². The minimum Gasteiger partial charge on any atom is -0.494 e. The number of nitrogens with zero attached hydrogens (tertiary/aromatic N) is 2. The number of carbonyl (C=O) groups is 1. The van der Waals surface area contributed by atoms with E-state index < -0.39 is 0 Å². The number of aromatic nitrogens is 1. The van der Waals surface area contributed by atoms with Crippen molar-refractivity contribution in [2.75, 3.05) is 20.1 Å². The van der Waals surface area contributed by atoms with Crippen LogP contribution in [-0.4, -0.2) is 46.7 Å². The summed E-state index contributed by atoms with van der Waals surface area (Å²) in [6, 6.07) is 23.3. The van der Waals surface area contributed by atoms with Crippen LogP contribution in [0, 0.1) is 0 Å². The van der Waals surface area contributed by atoms with Crippen molar-refractivity contribution in [2.45, 2.75) is 20.4 Å². The second-order valence-corrected chi connectivity index (χ2v) is 8.20. The highest BCUT2D eigenvalue weighted by atomic mass is 16.3. The molecule has 0 radical (unpaired) electrons. The number of benzene rings is 3. The molecule has 1 heterocycles. The number of fused-ring (bicyclic) bond motifs is 1. The van der Waals surface area contributed by atoms with Gasteiger partial charge >= 0.3 is 0 Å². The van der Waals surface area contributed by atoms with Crippen LogP contribution in [0.1, 0.15) is 40.9 Å². The molecule has 0 atom stereocenters. The molecule has 1 amide bonds. The highest BCUT2D eigenvalue weighted by molar-refractivity contribution is 6.22. The quantitative estimate of drug-likeness (QED) is 0.318.